The predicted molar refractivity (Wildman–Crippen MR) is 130 cm³/mol. The van der Waals surface area contributed by atoms with Crippen LogP contribution < -0.4 is 0 Å². The summed E-state index contributed by atoms with van der Waals surface area (Å²) in [6, 6.07) is 17.8. The van der Waals surface area contributed by atoms with E-state index in [0.717, 1.165) is 32.1 Å². The van der Waals surface area contributed by atoms with Gasteiger partial charge in [0.2, 0.25) is 5.91 Å². The smallest absolute Gasteiger partial charge is 0.224 e. The number of rotatable bonds is 5. The monoisotopic (exact) mass is 436 g/mol. The Morgan fingerprint density at radius 1 is 1.06 bits per heavy atom. The molecule has 3 nitrogen and oxygen atoms in total. The van der Waals surface area contributed by atoms with E-state index in [1.165, 1.54) is 40.8 Å². The average Bonchev–Trinajstić information content (AvgIpc) is 2.90. The van der Waals surface area contributed by atoms with Crippen LogP contribution in [0.2, 0.25) is 0 Å². The standard InChI is InChI=1S/C27H36N2OS/c1-20-9-10-26-25(17-20)19-29(21(2)22(3)31-26)27(30)13-16-28-14-11-24(12-15-28)18-23-7-5-4-6-8-23/h4-10,17,21-22,24H,11-16,18-19H2,1-3H3/t21-,22-/m1/s1. The number of hydrogen-bond acceptors (Lipinski definition) is 3. The maximum absolute atomic E-state index is 13.2. The van der Waals surface area contributed by atoms with Crippen molar-refractivity contribution in [3.63, 3.8) is 0 Å². The molecule has 0 saturated carbocycles. The summed E-state index contributed by atoms with van der Waals surface area (Å²) in [5.74, 6) is 1.08. The minimum Gasteiger partial charge on any atom is -0.334 e. The second-order valence-electron chi connectivity index (χ2n) is 9.42. The summed E-state index contributed by atoms with van der Waals surface area (Å²) < 4.78 is 0. The largest absolute Gasteiger partial charge is 0.334 e. The molecule has 2 aromatic carbocycles. The molecule has 0 aliphatic carbocycles. The molecule has 2 aliphatic heterocycles. The summed E-state index contributed by atoms with van der Waals surface area (Å²) in [5.41, 5.74) is 4.03. The van der Waals surface area contributed by atoms with Crippen LogP contribution in [-0.2, 0) is 17.8 Å². The van der Waals surface area contributed by atoms with Gasteiger partial charge < -0.3 is 9.80 Å². The fourth-order valence-electron chi connectivity index (χ4n) is 4.90. The van der Waals surface area contributed by atoms with Crippen molar-refractivity contribution in [3.05, 3.63) is 65.2 Å². The first-order valence-corrected chi connectivity index (χ1v) is 12.7. The van der Waals surface area contributed by atoms with Gasteiger partial charge in [0.25, 0.3) is 0 Å². The fourth-order valence-corrected chi connectivity index (χ4v) is 6.07. The molecule has 31 heavy (non-hydrogen) atoms. The Morgan fingerprint density at radius 2 is 1.81 bits per heavy atom. The van der Waals surface area contributed by atoms with E-state index in [0.29, 0.717) is 17.6 Å². The van der Waals surface area contributed by atoms with Gasteiger partial charge in [-0.15, -0.1) is 11.8 Å². The second-order valence-corrected chi connectivity index (χ2v) is 10.8. The topological polar surface area (TPSA) is 23.6 Å². The molecule has 0 N–H and O–H groups in total. The molecule has 1 fully saturated rings. The third kappa shape index (κ3) is 5.72. The van der Waals surface area contributed by atoms with Gasteiger partial charge in [-0.2, -0.15) is 0 Å². The van der Waals surface area contributed by atoms with Gasteiger partial charge in [-0.25, -0.2) is 0 Å². The third-order valence-corrected chi connectivity index (χ3v) is 8.49. The minimum atomic E-state index is 0.252. The number of fused-ring (bicyclic) bond motifs is 1. The summed E-state index contributed by atoms with van der Waals surface area (Å²) in [4.78, 5) is 19.2. The van der Waals surface area contributed by atoms with Gasteiger partial charge in [0.15, 0.2) is 0 Å². The molecule has 1 amide bonds. The van der Waals surface area contributed by atoms with E-state index in [9.17, 15) is 4.79 Å². The molecule has 4 heteroatoms. The van der Waals surface area contributed by atoms with Crippen LogP contribution in [0.25, 0.3) is 0 Å². The highest BCUT2D eigenvalue weighted by molar-refractivity contribution is 8.00. The number of aryl methyl sites for hydroxylation is 1. The van der Waals surface area contributed by atoms with Gasteiger partial charge in [-0.05, 0) is 69.3 Å². The van der Waals surface area contributed by atoms with E-state index in [2.05, 4.69) is 79.1 Å². The maximum Gasteiger partial charge on any atom is 0.224 e. The molecule has 4 rings (SSSR count). The molecule has 0 spiro atoms. The Hall–Kier alpha value is -1.78. The lowest BCUT2D eigenvalue weighted by molar-refractivity contribution is -0.134. The number of carbonyl (C=O) groups excluding carboxylic acids is 1. The number of hydrogen-bond donors (Lipinski definition) is 0. The Morgan fingerprint density at radius 3 is 2.55 bits per heavy atom. The SMILES string of the molecule is Cc1ccc2c(c1)CN(C(=O)CCN1CCC(Cc3ccccc3)CC1)[C@H](C)[C@@H](C)S2. The molecule has 2 atom stereocenters. The van der Waals surface area contributed by atoms with Gasteiger partial charge in [0.1, 0.15) is 0 Å². The van der Waals surface area contributed by atoms with Crippen LogP contribution >= 0.6 is 11.8 Å². The molecular weight excluding hydrogens is 400 g/mol. The van der Waals surface area contributed by atoms with Crippen LogP contribution in [0.1, 0.15) is 49.8 Å². The number of piperidine rings is 1. The van der Waals surface area contributed by atoms with E-state index >= 15 is 0 Å². The zero-order valence-corrected chi connectivity index (χ0v) is 20.0. The summed E-state index contributed by atoms with van der Waals surface area (Å²) in [7, 11) is 0. The third-order valence-electron chi connectivity index (χ3n) is 7.08. The second kappa shape index (κ2) is 10.2. The predicted octanol–water partition coefficient (Wildman–Crippen LogP) is 5.55. The van der Waals surface area contributed by atoms with E-state index in [1.807, 2.05) is 11.8 Å². The van der Waals surface area contributed by atoms with Crippen molar-refractivity contribution >= 4 is 17.7 Å². The van der Waals surface area contributed by atoms with Crippen LogP contribution in [-0.4, -0.2) is 46.6 Å². The molecule has 0 bridgehead atoms. The van der Waals surface area contributed by atoms with Crippen molar-refractivity contribution in [1.29, 1.82) is 0 Å². The highest BCUT2D eigenvalue weighted by Crippen LogP contribution is 2.35. The lowest BCUT2D eigenvalue weighted by Crippen LogP contribution is -2.43. The lowest BCUT2D eigenvalue weighted by atomic mass is 9.90. The number of carbonyl (C=O) groups is 1. The normalized spacial score (nSPS) is 22.7. The van der Waals surface area contributed by atoms with Crippen LogP contribution in [0.15, 0.2) is 53.4 Å². The van der Waals surface area contributed by atoms with E-state index < -0.39 is 0 Å². The van der Waals surface area contributed by atoms with Crippen LogP contribution in [0.5, 0.6) is 0 Å². The molecule has 0 aromatic heterocycles. The molecule has 0 unspecified atom stereocenters. The first-order chi connectivity index (χ1) is 15.0. The Bertz CT molecular complexity index is 876. The van der Waals surface area contributed by atoms with Crippen LogP contribution in [0.4, 0.5) is 0 Å². The molecule has 0 radical (unpaired) electrons. The molecular formula is C27H36N2OS. The number of likely N-dealkylation sites (tertiary alicyclic amines) is 1. The zero-order valence-electron chi connectivity index (χ0n) is 19.2. The van der Waals surface area contributed by atoms with Crippen LogP contribution in [0, 0.1) is 12.8 Å². The van der Waals surface area contributed by atoms with Crippen molar-refractivity contribution in [2.24, 2.45) is 5.92 Å². The molecule has 2 aromatic rings. The Kier molecular flexibility index (Phi) is 7.39. The number of amides is 1. The van der Waals surface area contributed by atoms with Gasteiger partial charge in [0.05, 0.1) is 0 Å². The number of nitrogens with zero attached hydrogens (tertiary/aromatic N) is 2. The minimum absolute atomic E-state index is 0.252. The molecule has 1 saturated heterocycles. The first-order valence-electron chi connectivity index (χ1n) is 11.8. The summed E-state index contributed by atoms with van der Waals surface area (Å²) >= 11 is 1.91. The highest BCUT2D eigenvalue weighted by Gasteiger charge is 2.30. The Balaban J connectivity index is 1.29. The quantitative estimate of drug-likeness (QED) is 0.614. The van der Waals surface area contributed by atoms with Crippen LogP contribution in [0.3, 0.4) is 0 Å². The van der Waals surface area contributed by atoms with Gasteiger partial charge in [-0.1, -0.05) is 55.0 Å². The van der Waals surface area contributed by atoms with Gasteiger partial charge >= 0.3 is 0 Å². The summed E-state index contributed by atoms with van der Waals surface area (Å²) in [6.45, 7) is 10.5. The first kappa shape index (κ1) is 22.4. The molecule has 166 valence electrons. The van der Waals surface area contributed by atoms with Crippen molar-refractivity contribution < 1.29 is 4.79 Å². The number of thioether (sulfide) groups is 1. The average molecular weight is 437 g/mol. The Labute approximate surface area is 192 Å². The fraction of sp³-hybridized carbons (Fsp3) is 0.519. The number of benzene rings is 2. The molecule has 2 aliphatic rings. The van der Waals surface area contributed by atoms with E-state index in [4.69, 9.17) is 0 Å². The van der Waals surface area contributed by atoms with Crippen molar-refractivity contribution in [2.45, 2.75) is 69.2 Å². The highest BCUT2D eigenvalue weighted by atomic mass is 32.2. The van der Waals surface area contributed by atoms with Crippen molar-refractivity contribution in [1.82, 2.24) is 9.80 Å². The van der Waals surface area contributed by atoms with Gasteiger partial charge in [0, 0.05) is 35.7 Å². The molecule has 2 heterocycles. The summed E-state index contributed by atoms with van der Waals surface area (Å²) in [5, 5.41) is 0.404. The van der Waals surface area contributed by atoms with E-state index in [-0.39, 0.29) is 6.04 Å². The van der Waals surface area contributed by atoms with Gasteiger partial charge in [-0.3, -0.25) is 4.79 Å². The zero-order chi connectivity index (χ0) is 21.8. The van der Waals surface area contributed by atoms with E-state index in [1.54, 1.807) is 0 Å². The van der Waals surface area contributed by atoms with Crippen molar-refractivity contribution in [3.8, 4) is 0 Å². The maximum atomic E-state index is 13.2. The van der Waals surface area contributed by atoms with Crippen molar-refractivity contribution in [2.75, 3.05) is 19.6 Å². The lowest BCUT2D eigenvalue weighted by Gasteiger charge is -2.34. The summed E-state index contributed by atoms with van der Waals surface area (Å²) in [6.07, 6.45) is 4.30.